The van der Waals surface area contributed by atoms with Gasteiger partial charge in [0.25, 0.3) is 5.91 Å². The van der Waals surface area contributed by atoms with Crippen LogP contribution in [0.5, 0.6) is 0 Å². The van der Waals surface area contributed by atoms with Gasteiger partial charge >= 0.3 is 6.03 Å². The van der Waals surface area contributed by atoms with Crippen LogP contribution in [0.2, 0.25) is 0 Å². The number of benzene rings is 1. The average Bonchev–Trinajstić information content (AvgIpc) is 3.23. The average molecular weight is 384 g/mol. The number of likely N-dealkylation sites (tertiary alicyclic amines) is 1. The number of piperidine rings is 1. The lowest BCUT2D eigenvalue weighted by molar-refractivity contribution is 0.0917. The monoisotopic (exact) mass is 384 g/mol. The van der Waals surface area contributed by atoms with Gasteiger partial charge in [0.2, 0.25) is 0 Å². The van der Waals surface area contributed by atoms with Gasteiger partial charge in [0, 0.05) is 31.2 Å². The number of nitrogens with one attached hydrogen (secondary N) is 2. The lowest BCUT2D eigenvalue weighted by Gasteiger charge is -2.33. The van der Waals surface area contributed by atoms with Gasteiger partial charge in [-0.05, 0) is 51.2 Å². The Bertz CT molecular complexity index is 753. The summed E-state index contributed by atoms with van der Waals surface area (Å²) in [7, 11) is 3.92. The van der Waals surface area contributed by atoms with Crippen LogP contribution >= 0.6 is 0 Å². The largest absolute Gasteiger partial charge is 0.468 e. The molecule has 0 aliphatic carbocycles. The Hall–Kier alpha value is -2.80. The van der Waals surface area contributed by atoms with E-state index in [-0.39, 0.29) is 24.0 Å². The second-order valence-corrected chi connectivity index (χ2v) is 7.28. The van der Waals surface area contributed by atoms with Crippen molar-refractivity contribution in [2.45, 2.75) is 24.9 Å². The maximum atomic E-state index is 12.5. The summed E-state index contributed by atoms with van der Waals surface area (Å²) in [6, 6.07) is 13.0. The third-order valence-corrected chi connectivity index (χ3v) is 5.09. The third-order valence-electron chi connectivity index (χ3n) is 5.09. The van der Waals surface area contributed by atoms with Gasteiger partial charge in [-0.15, -0.1) is 0 Å². The minimum atomic E-state index is -0.0776. The molecule has 0 radical (unpaired) electrons. The van der Waals surface area contributed by atoms with E-state index >= 15 is 0 Å². The van der Waals surface area contributed by atoms with E-state index in [1.165, 1.54) is 0 Å². The number of carbonyl (C=O) groups is 2. The molecule has 3 amide bonds. The smallest absolute Gasteiger partial charge is 0.317 e. The Morgan fingerprint density at radius 2 is 1.86 bits per heavy atom. The van der Waals surface area contributed by atoms with Gasteiger partial charge in [-0.1, -0.05) is 18.2 Å². The molecule has 0 spiro atoms. The van der Waals surface area contributed by atoms with E-state index in [1.54, 1.807) is 23.3 Å². The third kappa shape index (κ3) is 5.13. The van der Waals surface area contributed by atoms with Crippen LogP contribution < -0.4 is 10.6 Å². The van der Waals surface area contributed by atoms with Gasteiger partial charge < -0.3 is 20.0 Å². The highest BCUT2D eigenvalue weighted by molar-refractivity contribution is 5.94. The molecule has 1 atom stereocenters. The van der Waals surface area contributed by atoms with Crippen molar-refractivity contribution in [1.29, 1.82) is 0 Å². The fourth-order valence-corrected chi connectivity index (χ4v) is 3.40. The van der Waals surface area contributed by atoms with E-state index in [0.29, 0.717) is 25.2 Å². The van der Waals surface area contributed by atoms with Gasteiger partial charge in [0.05, 0.1) is 12.3 Å². The quantitative estimate of drug-likeness (QED) is 0.802. The van der Waals surface area contributed by atoms with Gasteiger partial charge in [-0.2, -0.15) is 0 Å². The summed E-state index contributed by atoms with van der Waals surface area (Å²) in [5.74, 6) is 0.767. The number of rotatable bonds is 6. The maximum Gasteiger partial charge on any atom is 0.317 e. The molecular formula is C21H28N4O3. The van der Waals surface area contributed by atoms with Crippen LogP contribution in [0.25, 0.3) is 0 Å². The Balaban J connectivity index is 1.44. The molecule has 2 aromatic rings. The number of furan rings is 1. The molecule has 1 fully saturated rings. The maximum absolute atomic E-state index is 12.5. The van der Waals surface area contributed by atoms with Crippen molar-refractivity contribution in [3.8, 4) is 0 Å². The van der Waals surface area contributed by atoms with Crippen LogP contribution in [-0.2, 0) is 0 Å². The first-order valence-electron chi connectivity index (χ1n) is 9.63. The van der Waals surface area contributed by atoms with Gasteiger partial charge in [0.15, 0.2) is 0 Å². The van der Waals surface area contributed by atoms with Crippen molar-refractivity contribution >= 4 is 11.9 Å². The molecule has 1 aliphatic heterocycles. The van der Waals surface area contributed by atoms with Gasteiger partial charge in [-0.25, -0.2) is 4.79 Å². The topological polar surface area (TPSA) is 77.8 Å². The Kier molecular flexibility index (Phi) is 6.71. The number of amides is 3. The molecule has 1 aliphatic rings. The predicted octanol–water partition coefficient (Wildman–Crippen LogP) is 2.49. The van der Waals surface area contributed by atoms with Crippen LogP contribution in [0.1, 0.15) is 35.0 Å². The zero-order valence-electron chi connectivity index (χ0n) is 16.4. The molecule has 0 bridgehead atoms. The van der Waals surface area contributed by atoms with E-state index in [1.807, 2.05) is 49.3 Å². The van der Waals surface area contributed by atoms with E-state index in [9.17, 15) is 9.59 Å². The highest BCUT2D eigenvalue weighted by Crippen LogP contribution is 2.18. The summed E-state index contributed by atoms with van der Waals surface area (Å²) in [6.07, 6.45) is 3.14. The first-order valence-corrected chi connectivity index (χ1v) is 9.63. The molecule has 0 saturated carbocycles. The fourth-order valence-electron chi connectivity index (χ4n) is 3.40. The first kappa shape index (κ1) is 19.9. The van der Waals surface area contributed by atoms with Crippen molar-refractivity contribution in [1.82, 2.24) is 20.4 Å². The zero-order chi connectivity index (χ0) is 19.9. The number of likely N-dealkylation sites (N-methyl/N-ethyl adjacent to an activating group) is 1. The Morgan fingerprint density at radius 3 is 2.46 bits per heavy atom. The van der Waals surface area contributed by atoms with Crippen LogP contribution in [0.15, 0.2) is 53.1 Å². The van der Waals surface area contributed by atoms with E-state index < -0.39 is 0 Å². The number of urea groups is 1. The van der Waals surface area contributed by atoms with Crippen molar-refractivity contribution in [2.75, 3.05) is 33.7 Å². The molecule has 2 heterocycles. The SMILES string of the molecule is CN(C)C(CNC(=O)N1CCC(NC(=O)c2ccccc2)CC1)c1ccco1. The zero-order valence-corrected chi connectivity index (χ0v) is 16.4. The summed E-state index contributed by atoms with van der Waals surface area (Å²) >= 11 is 0. The normalized spacial score (nSPS) is 16.0. The Morgan fingerprint density at radius 1 is 1.14 bits per heavy atom. The van der Waals surface area contributed by atoms with Crippen molar-refractivity contribution in [3.63, 3.8) is 0 Å². The van der Waals surface area contributed by atoms with E-state index in [0.717, 1.165) is 18.6 Å². The van der Waals surface area contributed by atoms with Crippen molar-refractivity contribution in [3.05, 3.63) is 60.1 Å². The predicted molar refractivity (Wildman–Crippen MR) is 107 cm³/mol. The summed E-state index contributed by atoms with van der Waals surface area (Å²) < 4.78 is 5.48. The minimum absolute atomic E-state index is 0.0124. The van der Waals surface area contributed by atoms with Crippen molar-refractivity contribution in [2.24, 2.45) is 0 Å². The molecule has 1 aromatic carbocycles. The molecule has 1 saturated heterocycles. The molecule has 7 nitrogen and oxygen atoms in total. The molecule has 150 valence electrons. The second-order valence-electron chi connectivity index (χ2n) is 7.28. The van der Waals surface area contributed by atoms with E-state index in [4.69, 9.17) is 4.42 Å². The molecule has 28 heavy (non-hydrogen) atoms. The minimum Gasteiger partial charge on any atom is -0.468 e. The first-order chi connectivity index (χ1) is 13.5. The van der Waals surface area contributed by atoms with Crippen molar-refractivity contribution < 1.29 is 14.0 Å². The summed E-state index contributed by atoms with van der Waals surface area (Å²) in [4.78, 5) is 28.6. The second kappa shape index (κ2) is 9.41. The number of nitrogens with zero attached hydrogens (tertiary/aromatic N) is 2. The van der Waals surface area contributed by atoms with Crippen LogP contribution in [0, 0.1) is 0 Å². The summed E-state index contributed by atoms with van der Waals surface area (Å²) in [5.41, 5.74) is 0.662. The number of hydrogen-bond donors (Lipinski definition) is 2. The molecule has 3 rings (SSSR count). The summed E-state index contributed by atoms with van der Waals surface area (Å²) in [5, 5.41) is 6.06. The lowest BCUT2D eigenvalue weighted by Crippen LogP contribution is -2.50. The number of carbonyl (C=O) groups excluding carboxylic acids is 2. The Labute approximate surface area is 165 Å². The van der Waals surface area contributed by atoms with Gasteiger partial charge in [0.1, 0.15) is 5.76 Å². The summed E-state index contributed by atoms with van der Waals surface area (Å²) in [6.45, 7) is 1.72. The van der Waals surface area contributed by atoms with E-state index in [2.05, 4.69) is 10.6 Å². The van der Waals surface area contributed by atoms with Crippen LogP contribution in [-0.4, -0.2) is 61.5 Å². The molecule has 1 unspecified atom stereocenters. The van der Waals surface area contributed by atoms with Crippen LogP contribution in [0.4, 0.5) is 4.79 Å². The molecular weight excluding hydrogens is 356 g/mol. The molecule has 1 aromatic heterocycles. The lowest BCUT2D eigenvalue weighted by atomic mass is 10.0. The standard InChI is InChI=1S/C21H28N4O3/c1-24(2)18(19-9-6-14-28-19)15-22-21(27)25-12-10-17(11-13-25)23-20(26)16-7-4-3-5-8-16/h3-9,14,17-18H,10-13,15H2,1-2H3,(H,22,27)(H,23,26). The molecule has 2 N–H and O–H groups in total. The highest BCUT2D eigenvalue weighted by atomic mass is 16.3. The fraction of sp³-hybridized carbons (Fsp3) is 0.429. The van der Waals surface area contributed by atoms with Gasteiger partial charge in [-0.3, -0.25) is 9.69 Å². The number of hydrogen-bond acceptors (Lipinski definition) is 4. The van der Waals surface area contributed by atoms with Crippen LogP contribution in [0.3, 0.4) is 0 Å². The highest BCUT2D eigenvalue weighted by Gasteiger charge is 2.25. The molecule has 7 heteroatoms.